The van der Waals surface area contributed by atoms with Gasteiger partial charge < -0.3 is 5.32 Å². The second-order valence-electron chi connectivity index (χ2n) is 3.54. The average molecular weight is 241 g/mol. The van der Waals surface area contributed by atoms with Gasteiger partial charge in [-0.25, -0.2) is 0 Å². The van der Waals surface area contributed by atoms with Crippen molar-refractivity contribution in [2.24, 2.45) is 0 Å². The van der Waals surface area contributed by atoms with Crippen molar-refractivity contribution in [2.75, 3.05) is 5.32 Å². The maximum atomic E-state index is 12.4. The highest BCUT2D eigenvalue weighted by Crippen LogP contribution is 2.29. The van der Waals surface area contributed by atoms with Gasteiger partial charge in [-0.2, -0.15) is 18.3 Å². The molecule has 0 saturated heterocycles. The van der Waals surface area contributed by atoms with Gasteiger partial charge in [0.25, 0.3) is 0 Å². The van der Waals surface area contributed by atoms with E-state index >= 15 is 0 Å². The number of nitrogens with one attached hydrogen (secondary N) is 2. The van der Waals surface area contributed by atoms with Crippen LogP contribution >= 0.6 is 0 Å². The molecule has 17 heavy (non-hydrogen) atoms. The molecule has 1 heterocycles. The molecule has 0 unspecified atom stereocenters. The number of aromatic amines is 1. The summed E-state index contributed by atoms with van der Waals surface area (Å²) < 4.78 is 37.3. The van der Waals surface area contributed by atoms with Crippen molar-refractivity contribution < 1.29 is 13.2 Å². The van der Waals surface area contributed by atoms with E-state index in [1.807, 2.05) is 0 Å². The van der Waals surface area contributed by atoms with E-state index in [9.17, 15) is 13.2 Å². The summed E-state index contributed by atoms with van der Waals surface area (Å²) in [6.45, 7) is 0.323. The van der Waals surface area contributed by atoms with Gasteiger partial charge in [0, 0.05) is 12.7 Å². The summed E-state index contributed by atoms with van der Waals surface area (Å²) >= 11 is 0. The minimum Gasteiger partial charge on any atom is -0.378 e. The first-order valence-corrected chi connectivity index (χ1v) is 4.94. The smallest absolute Gasteiger partial charge is 0.378 e. The fraction of sp³-hybridized carbons (Fsp3) is 0.182. The molecule has 0 saturated carbocycles. The van der Waals surface area contributed by atoms with Gasteiger partial charge in [0.2, 0.25) is 0 Å². The summed E-state index contributed by atoms with van der Waals surface area (Å²) in [7, 11) is 0. The van der Waals surface area contributed by atoms with E-state index in [1.54, 1.807) is 18.5 Å². The summed E-state index contributed by atoms with van der Waals surface area (Å²) in [5.41, 5.74) is 0.674. The monoisotopic (exact) mass is 241 g/mol. The lowest BCUT2D eigenvalue weighted by atomic mass is 10.1. The third kappa shape index (κ3) is 2.99. The van der Waals surface area contributed by atoms with Gasteiger partial charge in [0.05, 0.1) is 17.4 Å². The van der Waals surface area contributed by atoms with E-state index < -0.39 is 11.7 Å². The van der Waals surface area contributed by atoms with Crippen molar-refractivity contribution >= 4 is 5.69 Å². The van der Waals surface area contributed by atoms with Gasteiger partial charge in [0.15, 0.2) is 0 Å². The van der Waals surface area contributed by atoms with Crippen LogP contribution in [-0.4, -0.2) is 10.2 Å². The summed E-state index contributed by atoms with van der Waals surface area (Å²) in [4.78, 5) is 0. The van der Waals surface area contributed by atoms with Crippen LogP contribution < -0.4 is 5.32 Å². The number of alkyl halides is 3. The van der Waals surface area contributed by atoms with Crippen LogP contribution in [0.5, 0.6) is 0 Å². The molecule has 0 aliphatic rings. The molecule has 2 aromatic rings. The van der Waals surface area contributed by atoms with Gasteiger partial charge >= 0.3 is 6.18 Å². The Bertz CT molecular complexity index is 477. The van der Waals surface area contributed by atoms with Gasteiger partial charge in [-0.3, -0.25) is 5.10 Å². The maximum absolute atomic E-state index is 12.4. The Morgan fingerprint density at radius 1 is 1.29 bits per heavy atom. The molecule has 0 fully saturated rings. The van der Waals surface area contributed by atoms with Crippen molar-refractivity contribution in [3.63, 3.8) is 0 Å². The van der Waals surface area contributed by atoms with Crippen molar-refractivity contribution in [1.82, 2.24) is 10.2 Å². The number of benzene rings is 1. The molecular weight excluding hydrogens is 231 g/mol. The van der Waals surface area contributed by atoms with E-state index in [0.29, 0.717) is 12.1 Å². The molecule has 6 heteroatoms. The van der Waals surface area contributed by atoms with E-state index in [2.05, 4.69) is 15.5 Å². The van der Waals surface area contributed by atoms with Crippen LogP contribution in [0.15, 0.2) is 36.7 Å². The van der Waals surface area contributed by atoms with Crippen LogP contribution in [-0.2, 0) is 12.7 Å². The lowest BCUT2D eigenvalue weighted by Gasteiger charge is -2.09. The molecule has 3 nitrogen and oxygen atoms in total. The van der Waals surface area contributed by atoms with E-state index in [4.69, 9.17) is 0 Å². The normalized spacial score (nSPS) is 11.5. The van der Waals surface area contributed by atoms with Crippen LogP contribution in [0, 0.1) is 0 Å². The van der Waals surface area contributed by atoms with Crippen LogP contribution in [0.1, 0.15) is 11.1 Å². The van der Waals surface area contributed by atoms with Crippen LogP contribution in [0.4, 0.5) is 18.9 Å². The Balaban J connectivity index is 2.07. The molecule has 2 N–H and O–H groups in total. The Morgan fingerprint density at radius 2 is 2.12 bits per heavy atom. The van der Waals surface area contributed by atoms with Crippen molar-refractivity contribution in [1.29, 1.82) is 0 Å². The predicted octanol–water partition coefficient (Wildman–Crippen LogP) is 3.04. The zero-order chi connectivity index (χ0) is 12.3. The van der Waals surface area contributed by atoms with E-state index in [1.165, 1.54) is 6.07 Å². The highest BCUT2D eigenvalue weighted by Gasteiger charge is 2.30. The SMILES string of the molecule is FC(F)(F)c1cccc(CNc2cn[nH]c2)c1. The predicted molar refractivity (Wildman–Crippen MR) is 57.4 cm³/mol. The van der Waals surface area contributed by atoms with Gasteiger partial charge in [-0.05, 0) is 17.7 Å². The first kappa shape index (κ1) is 11.5. The number of H-pyrrole nitrogens is 1. The fourth-order valence-corrected chi connectivity index (χ4v) is 1.41. The van der Waals surface area contributed by atoms with Crippen LogP contribution in [0.2, 0.25) is 0 Å². The number of nitrogens with zero attached hydrogens (tertiary/aromatic N) is 1. The molecule has 0 atom stereocenters. The Morgan fingerprint density at radius 3 is 2.76 bits per heavy atom. The third-order valence-corrected chi connectivity index (χ3v) is 2.25. The molecule has 2 rings (SSSR count). The van der Waals surface area contributed by atoms with Crippen LogP contribution in [0.25, 0.3) is 0 Å². The lowest BCUT2D eigenvalue weighted by molar-refractivity contribution is -0.137. The van der Waals surface area contributed by atoms with Gasteiger partial charge in [-0.15, -0.1) is 0 Å². The third-order valence-electron chi connectivity index (χ3n) is 2.25. The fourth-order valence-electron chi connectivity index (χ4n) is 1.41. The quantitative estimate of drug-likeness (QED) is 0.867. The standard InChI is InChI=1S/C11H10F3N3/c12-11(13,14)9-3-1-2-8(4-9)5-15-10-6-16-17-7-10/h1-4,6-7,15H,5H2,(H,16,17). The van der Waals surface area contributed by atoms with Crippen molar-refractivity contribution in [3.05, 3.63) is 47.8 Å². The first-order valence-electron chi connectivity index (χ1n) is 4.94. The molecule has 0 aliphatic heterocycles. The van der Waals surface area contributed by atoms with Crippen molar-refractivity contribution in [3.8, 4) is 0 Å². The van der Waals surface area contributed by atoms with E-state index in [0.717, 1.165) is 17.8 Å². The number of hydrogen-bond donors (Lipinski definition) is 2. The minimum atomic E-state index is -4.30. The van der Waals surface area contributed by atoms with E-state index in [-0.39, 0.29) is 0 Å². The second-order valence-corrected chi connectivity index (χ2v) is 3.54. The molecule has 90 valence electrons. The Kier molecular flexibility index (Phi) is 3.03. The number of rotatable bonds is 3. The molecule has 0 aliphatic carbocycles. The lowest BCUT2D eigenvalue weighted by Crippen LogP contribution is -2.06. The number of halogens is 3. The topological polar surface area (TPSA) is 40.7 Å². The number of aromatic nitrogens is 2. The molecular formula is C11H10F3N3. The largest absolute Gasteiger partial charge is 0.416 e. The number of anilines is 1. The summed E-state index contributed by atoms with van der Waals surface area (Å²) in [6.07, 6.45) is -1.10. The Hall–Kier alpha value is -1.98. The molecule has 0 radical (unpaired) electrons. The zero-order valence-electron chi connectivity index (χ0n) is 8.75. The summed E-state index contributed by atoms with van der Waals surface area (Å²) in [5, 5.41) is 9.29. The second kappa shape index (κ2) is 4.48. The molecule has 0 spiro atoms. The average Bonchev–Trinajstić information content (AvgIpc) is 2.78. The minimum absolute atomic E-state index is 0.323. The molecule has 1 aromatic carbocycles. The number of hydrogen-bond acceptors (Lipinski definition) is 2. The molecule has 1 aromatic heterocycles. The zero-order valence-corrected chi connectivity index (χ0v) is 8.75. The van der Waals surface area contributed by atoms with Gasteiger partial charge in [0.1, 0.15) is 0 Å². The first-order chi connectivity index (χ1) is 8.05. The molecule has 0 amide bonds. The van der Waals surface area contributed by atoms with Crippen LogP contribution in [0.3, 0.4) is 0 Å². The summed E-state index contributed by atoms with van der Waals surface area (Å²) in [5.74, 6) is 0. The highest BCUT2D eigenvalue weighted by atomic mass is 19.4. The highest BCUT2D eigenvalue weighted by molar-refractivity contribution is 5.39. The maximum Gasteiger partial charge on any atom is 0.416 e. The van der Waals surface area contributed by atoms with Crippen molar-refractivity contribution in [2.45, 2.75) is 12.7 Å². The molecule has 0 bridgehead atoms. The van der Waals surface area contributed by atoms with Gasteiger partial charge in [-0.1, -0.05) is 12.1 Å². The summed E-state index contributed by atoms with van der Waals surface area (Å²) in [6, 6.07) is 5.23. The Labute approximate surface area is 95.7 Å².